The largest absolute Gasteiger partial charge is 0.493 e. The van der Waals surface area contributed by atoms with Gasteiger partial charge in [-0.2, -0.15) is 0 Å². The Bertz CT molecular complexity index is 795. The van der Waals surface area contributed by atoms with Gasteiger partial charge >= 0.3 is 0 Å². The fraction of sp³-hybridized carbons (Fsp3) is 0.350. The van der Waals surface area contributed by atoms with Crippen LogP contribution in [0.2, 0.25) is 0 Å². The van der Waals surface area contributed by atoms with Crippen LogP contribution in [-0.2, 0) is 0 Å². The molecule has 0 radical (unpaired) electrons. The average Bonchev–Trinajstić information content (AvgIpc) is 2.66. The molecule has 0 spiro atoms. The first-order valence-electron chi connectivity index (χ1n) is 8.42. The number of methoxy groups -OCH3 is 3. The number of carbonyl (C=O) groups excluding carboxylic acids is 1. The van der Waals surface area contributed by atoms with Crippen molar-refractivity contribution in [1.82, 2.24) is 0 Å². The van der Waals surface area contributed by atoms with Crippen molar-refractivity contribution in [1.29, 1.82) is 0 Å². The number of nitrogens with zero attached hydrogens (tertiary/aromatic N) is 1. The van der Waals surface area contributed by atoms with Crippen LogP contribution in [0, 0.1) is 0 Å². The van der Waals surface area contributed by atoms with Crippen LogP contribution in [0.1, 0.15) is 35.4 Å². The van der Waals surface area contributed by atoms with E-state index in [1.807, 2.05) is 31.2 Å². The SMILES string of the molecule is COc1cc(C(=O)N2c3ccccc3C(O)CC2C)cc(OC)c1OC. The minimum atomic E-state index is -0.579. The molecule has 1 aliphatic rings. The number of carbonyl (C=O) groups is 1. The summed E-state index contributed by atoms with van der Waals surface area (Å²) in [5.74, 6) is 1.10. The van der Waals surface area contributed by atoms with Crippen molar-refractivity contribution in [2.45, 2.75) is 25.5 Å². The minimum absolute atomic E-state index is 0.147. The quantitative estimate of drug-likeness (QED) is 0.910. The van der Waals surface area contributed by atoms with Gasteiger partial charge in [0.25, 0.3) is 5.91 Å². The number of ether oxygens (including phenoxy) is 3. The monoisotopic (exact) mass is 357 g/mol. The number of amides is 1. The van der Waals surface area contributed by atoms with Crippen LogP contribution in [0.3, 0.4) is 0 Å². The van der Waals surface area contributed by atoms with Crippen molar-refractivity contribution in [3.05, 3.63) is 47.5 Å². The molecule has 138 valence electrons. The van der Waals surface area contributed by atoms with E-state index in [2.05, 4.69) is 0 Å². The van der Waals surface area contributed by atoms with Gasteiger partial charge in [-0.25, -0.2) is 0 Å². The Morgan fingerprint density at radius 3 is 2.27 bits per heavy atom. The van der Waals surface area contributed by atoms with Crippen molar-refractivity contribution in [2.24, 2.45) is 0 Å². The van der Waals surface area contributed by atoms with Gasteiger partial charge < -0.3 is 24.2 Å². The zero-order valence-corrected chi connectivity index (χ0v) is 15.4. The number of hydrogen-bond acceptors (Lipinski definition) is 5. The molecule has 6 heteroatoms. The minimum Gasteiger partial charge on any atom is -0.493 e. The van der Waals surface area contributed by atoms with Crippen LogP contribution in [0.4, 0.5) is 5.69 Å². The summed E-state index contributed by atoms with van der Waals surface area (Å²) in [7, 11) is 4.55. The first-order valence-corrected chi connectivity index (χ1v) is 8.42. The van der Waals surface area contributed by atoms with E-state index in [1.54, 1.807) is 17.0 Å². The maximum absolute atomic E-state index is 13.3. The highest BCUT2D eigenvalue weighted by molar-refractivity contribution is 6.08. The van der Waals surface area contributed by atoms with Crippen molar-refractivity contribution in [2.75, 3.05) is 26.2 Å². The van der Waals surface area contributed by atoms with Gasteiger partial charge in [-0.05, 0) is 31.5 Å². The Morgan fingerprint density at radius 2 is 1.69 bits per heavy atom. The maximum Gasteiger partial charge on any atom is 0.258 e. The van der Waals surface area contributed by atoms with E-state index in [4.69, 9.17) is 14.2 Å². The number of hydrogen-bond donors (Lipinski definition) is 1. The molecule has 1 aliphatic heterocycles. The number of para-hydroxylation sites is 1. The van der Waals surface area contributed by atoms with Crippen LogP contribution >= 0.6 is 0 Å². The molecule has 6 nitrogen and oxygen atoms in total. The Morgan fingerprint density at radius 1 is 1.08 bits per heavy atom. The van der Waals surface area contributed by atoms with E-state index >= 15 is 0 Å². The van der Waals surface area contributed by atoms with E-state index in [0.717, 1.165) is 11.3 Å². The van der Waals surface area contributed by atoms with E-state index in [-0.39, 0.29) is 11.9 Å². The molecule has 0 aliphatic carbocycles. The van der Waals surface area contributed by atoms with Gasteiger partial charge in [-0.15, -0.1) is 0 Å². The lowest BCUT2D eigenvalue weighted by atomic mass is 9.93. The van der Waals surface area contributed by atoms with E-state index in [0.29, 0.717) is 29.2 Å². The molecule has 0 aromatic heterocycles. The highest BCUT2D eigenvalue weighted by Gasteiger charge is 2.33. The Kier molecular flexibility index (Phi) is 5.04. The van der Waals surface area contributed by atoms with Crippen molar-refractivity contribution in [3.8, 4) is 17.2 Å². The summed E-state index contributed by atoms with van der Waals surface area (Å²) in [6.07, 6.45) is -0.0992. The average molecular weight is 357 g/mol. The van der Waals surface area contributed by atoms with Crippen molar-refractivity contribution < 1.29 is 24.1 Å². The standard InChI is InChI=1S/C20H23NO5/c1-12-9-16(22)14-7-5-6-8-15(14)21(12)20(23)13-10-17(24-2)19(26-4)18(11-13)25-3/h5-8,10-12,16,22H,9H2,1-4H3. The lowest BCUT2D eigenvalue weighted by Crippen LogP contribution is -2.43. The summed E-state index contributed by atoms with van der Waals surface area (Å²) in [6.45, 7) is 1.93. The molecule has 2 aromatic rings. The van der Waals surface area contributed by atoms with E-state index in [1.165, 1.54) is 21.3 Å². The summed E-state index contributed by atoms with van der Waals surface area (Å²) < 4.78 is 16.0. The summed E-state index contributed by atoms with van der Waals surface area (Å²) in [6, 6.07) is 10.6. The molecule has 1 amide bonds. The molecular formula is C20H23NO5. The normalized spacial score (nSPS) is 18.9. The fourth-order valence-electron chi connectivity index (χ4n) is 3.43. The molecular weight excluding hydrogens is 334 g/mol. The Hall–Kier alpha value is -2.73. The molecule has 0 saturated carbocycles. The van der Waals surface area contributed by atoms with Gasteiger partial charge in [0.15, 0.2) is 11.5 Å². The molecule has 1 heterocycles. The van der Waals surface area contributed by atoms with Gasteiger partial charge in [0.2, 0.25) is 5.75 Å². The molecule has 26 heavy (non-hydrogen) atoms. The second kappa shape index (κ2) is 7.25. The molecule has 2 unspecified atom stereocenters. The third kappa shape index (κ3) is 2.97. The van der Waals surface area contributed by atoms with Crippen LogP contribution in [0.5, 0.6) is 17.2 Å². The Labute approximate surface area is 152 Å². The molecule has 0 saturated heterocycles. The van der Waals surface area contributed by atoms with Crippen LogP contribution < -0.4 is 19.1 Å². The number of fused-ring (bicyclic) bond motifs is 1. The molecule has 2 aromatic carbocycles. The number of aliphatic hydroxyl groups is 1. The van der Waals surface area contributed by atoms with Gasteiger partial charge in [-0.3, -0.25) is 4.79 Å². The van der Waals surface area contributed by atoms with Gasteiger partial charge in [-0.1, -0.05) is 18.2 Å². The number of anilines is 1. The van der Waals surface area contributed by atoms with Crippen LogP contribution in [-0.4, -0.2) is 38.4 Å². The summed E-state index contributed by atoms with van der Waals surface area (Å²) in [5, 5.41) is 10.3. The van der Waals surface area contributed by atoms with Gasteiger partial charge in [0.05, 0.1) is 33.1 Å². The molecule has 2 atom stereocenters. The zero-order chi connectivity index (χ0) is 18.8. The zero-order valence-electron chi connectivity index (χ0n) is 15.4. The highest BCUT2D eigenvalue weighted by Crippen LogP contribution is 2.41. The third-order valence-electron chi connectivity index (χ3n) is 4.69. The number of benzene rings is 2. The number of rotatable bonds is 4. The van der Waals surface area contributed by atoms with Gasteiger partial charge in [0, 0.05) is 17.2 Å². The van der Waals surface area contributed by atoms with Crippen LogP contribution in [0.25, 0.3) is 0 Å². The topological polar surface area (TPSA) is 68.2 Å². The second-order valence-corrected chi connectivity index (χ2v) is 6.25. The van der Waals surface area contributed by atoms with E-state index < -0.39 is 6.10 Å². The fourth-order valence-corrected chi connectivity index (χ4v) is 3.43. The molecule has 0 fully saturated rings. The van der Waals surface area contributed by atoms with Crippen molar-refractivity contribution in [3.63, 3.8) is 0 Å². The first kappa shape index (κ1) is 18.1. The van der Waals surface area contributed by atoms with Crippen LogP contribution in [0.15, 0.2) is 36.4 Å². The molecule has 3 rings (SSSR count). The lowest BCUT2D eigenvalue weighted by Gasteiger charge is -2.37. The molecule has 1 N–H and O–H groups in total. The predicted octanol–water partition coefficient (Wildman–Crippen LogP) is 3.18. The van der Waals surface area contributed by atoms with E-state index in [9.17, 15) is 9.90 Å². The first-order chi connectivity index (χ1) is 12.5. The predicted molar refractivity (Wildman–Crippen MR) is 98.4 cm³/mol. The summed E-state index contributed by atoms with van der Waals surface area (Å²) >= 11 is 0. The second-order valence-electron chi connectivity index (χ2n) is 6.25. The number of aliphatic hydroxyl groups excluding tert-OH is 1. The molecule has 0 bridgehead atoms. The third-order valence-corrected chi connectivity index (χ3v) is 4.69. The van der Waals surface area contributed by atoms with Crippen molar-refractivity contribution >= 4 is 11.6 Å². The Balaban J connectivity index is 2.08. The highest BCUT2D eigenvalue weighted by atomic mass is 16.5. The maximum atomic E-state index is 13.3. The smallest absolute Gasteiger partial charge is 0.258 e. The van der Waals surface area contributed by atoms with Gasteiger partial charge in [0.1, 0.15) is 0 Å². The summed E-state index contributed by atoms with van der Waals surface area (Å²) in [5.41, 5.74) is 1.90. The summed E-state index contributed by atoms with van der Waals surface area (Å²) in [4.78, 5) is 15.0. The lowest BCUT2D eigenvalue weighted by molar-refractivity contribution is 0.0948.